The van der Waals surface area contributed by atoms with Gasteiger partial charge in [0, 0.05) is 38.7 Å². The third kappa shape index (κ3) is 3.48. The Morgan fingerprint density at radius 2 is 1.75 bits per heavy atom. The lowest BCUT2D eigenvalue weighted by molar-refractivity contribution is -0.131. The van der Waals surface area contributed by atoms with E-state index in [2.05, 4.69) is 10.00 Å². The van der Waals surface area contributed by atoms with Crippen molar-refractivity contribution in [2.24, 2.45) is 0 Å². The molecule has 1 aromatic heterocycles. The van der Waals surface area contributed by atoms with Gasteiger partial charge in [-0.15, -0.1) is 5.10 Å². The average Bonchev–Trinajstić information content (AvgIpc) is 2.63. The van der Waals surface area contributed by atoms with Gasteiger partial charge in [-0.25, -0.2) is 0 Å². The highest BCUT2D eigenvalue weighted by molar-refractivity contribution is 5.76. The van der Waals surface area contributed by atoms with Crippen molar-refractivity contribution >= 4 is 11.7 Å². The Hall–Kier alpha value is -2.63. The molecule has 0 spiro atoms. The monoisotopic (exact) mass is 326 g/mol. The molecule has 1 aliphatic rings. The smallest absolute Gasteiger partial charge is 0.271 e. The lowest BCUT2D eigenvalue weighted by Crippen LogP contribution is -2.49. The van der Waals surface area contributed by atoms with Crippen LogP contribution < -0.4 is 10.5 Å². The maximum absolute atomic E-state index is 12.1. The van der Waals surface area contributed by atoms with Crippen LogP contribution in [0.25, 0.3) is 5.69 Å². The van der Waals surface area contributed by atoms with Crippen molar-refractivity contribution in [1.29, 1.82) is 0 Å². The van der Waals surface area contributed by atoms with E-state index in [-0.39, 0.29) is 11.5 Å². The predicted octanol–water partition coefficient (Wildman–Crippen LogP) is 1.68. The van der Waals surface area contributed by atoms with Crippen molar-refractivity contribution in [1.82, 2.24) is 14.7 Å². The molecule has 126 valence electrons. The molecular formula is C18H22N4O2. The molecule has 2 heterocycles. The molecule has 0 saturated carbocycles. The van der Waals surface area contributed by atoms with E-state index in [9.17, 15) is 9.59 Å². The van der Waals surface area contributed by atoms with Gasteiger partial charge in [-0.2, -0.15) is 4.68 Å². The first-order valence-corrected chi connectivity index (χ1v) is 8.37. The van der Waals surface area contributed by atoms with Crippen molar-refractivity contribution < 1.29 is 4.79 Å². The fourth-order valence-corrected chi connectivity index (χ4v) is 2.88. The van der Waals surface area contributed by atoms with Crippen molar-refractivity contribution in [3.63, 3.8) is 0 Å². The number of carbonyl (C=O) groups is 1. The molecule has 1 aliphatic heterocycles. The number of aromatic nitrogens is 2. The number of piperazine rings is 1. The molecule has 1 fully saturated rings. The second-order valence-electron chi connectivity index (χ2n) is 5.89. The van der Waals surface area contributed by atoms with E-state index < -0.39 is 0 Å². The first-order chi connectivity index (χ1) is 11.7. The van der Waals surface area contributed by atoms with E-state index in [0.717, 1.165) is 31.0 Å². The van der Waals surface area contributed by atoms with Gasteiger partial charge in [0.15, 0.2) is 0 Å². The summed E-state index contributed by atoms with van der Waals surface area (Å²) in [6.07, 6.45) is 1.49. The van der Waals surface area contributed by atoms with E-state index in [1.807, 2.05) is 42.2 Å². The average molecular weight is 326 g/mol. The topological polar surface area (TPSA) is 58.4 Å². The third-order valence-corrected chi connectivity index (χ3v) is 4.21. The van der Waals surface area contributed by atoms with Crippen molar-refractivity contribution in [3.8, 4) is 5.69 Å². The summed E-state index contributed by atoms with van der Waals surface area (Å²) in [4.78, 5) is 28.1. The van der Waals surface area contributed by atoms with E-state index in [4.69, 9.17) is 0 Å². The van der Waals surface area contributed by atoms with Crippen LogP contribution in [-0.2, 0) is 4.79 Å². The highest BCUT2D eigenvalue weighted by Crippen LogP contribution is 2.14. The van der Waals surface area contributed by atoms with Crippen LogP contribution in [0.3, 0.4) is 0 Å². The summed E-state index contributed by atoms with van der Waals surface area (Å²) in [7, 11) is 0. The molecule has 0 bridgehead atoms. The maximum atomic E-state index is 12.1. The first kappa shape index (κ1) is 16.2. The van der Waals surface area contributed by atoms with Crippen LogP contribution in [0.15, 0.2) is 47.3 Å². The van der Waals surface area contributed by atoms with Gasteiger partial charge in [-0.05, 0) is 24.6 Å². The molecule has 24 heavy (non-hydrogen) atoms. The molecule has 0 aliphatic carbocycles. The van der Waals surface area contributed by atoms with Gasteiger partial charge in [0.25, 0.3) is 5.56 Å². The molecule has 1 amide bonds. The first-order valence-electron chi connectivity index (χ1n) is 8.37. The summed E-state index contributed by atoms with van der Waals surface area (Å²) in [5.74, 6) is 0.986. The Morgan fingerprint density at radius 3 is 2.42 bits per heavy atom. The summed E-state index contributed by atoms with van der Waals surface area (Å²) in [5.41, 5.74) is 0.600. The van der Waals surface area contributed by atoms with E-state index >= 15 is 0 Å². The van der Waals surface area contributed by atoms with Crippen LogP contribution in [0, 0.1) is 0 Å². The Labute approximate surface area is 141 Å². The molecule has 0 unspecified atom stereocenters. The molecule has 0 atom stereocenters. The van der Waals surface area contributed by atoms with E-state index in [0.29, 0.717) is 19.5 Å². The second kappa shape index (κ2) is 7.29. The van der Waals surface area contributed by atoms with Gasteiger partial charge in [-0.1, -0.05) is 25.1 Å². The zero-order chi connectivity index (χ0) is 16.9. The Morgan fingerprint density at radius 1 is 1.04 bits per heavy atom. The van der Waals surface area contributed by atoms with Crippen molar-refractivity contribution in [2.75, 3.05) is 31.1 Å². The Kier molecular flexibility index (Phi) is 4.93. The minimum absolute atomic E-state index is 0.151. The lowest BCUT2D eigenvalue weighted by Gasteiger charge is -2.35. The minimum atomic E-state index is -0.151. The van der Waals surface area contributed by atoms with Crippen molar-refractivity contribution in [2.45, 2.75) is 19.8 Å². The van der Waals surface area contributed by atoms with Crippen LogP contribution in [0.2, 0.25) is 0 Å². The fourth-order valence-electron chi connectivity index (χ4n) is 2.88. The zero-order valence-corrected chi connectivity index (χ0v) is 13.9. The van der Waals surface area contributed by atoms with Gasteiger partial charge in [0.05, 0.1) is 5.69 Å². The lowest BCUT2D eigenvalue weighted by atomic mass is 10.2. The normalized spacial score (nSPS) is 14.7. The molecular weight excluding hydrogens is 304 g/mol. The number of anilines is 1. The molecule has 0 N–H and O–H groups in total. The van der Waals surface area contributed by atoms with E-state index in [1.54, 1.807) is 12.1 Å². The minimum Gasteiger partial charge on any atom is -0.352 e. The molecule has 1 aromatic carbocycles. The number of benzene rings is 1. The van der Waals surface area contributed by atoms with Gasteiger partial charge < -0.3 is 9.80 Å². The van der Waals surface area contributed by atoms with Gasteiger partial charge >= 0.3 is 0 Å². The quantitative estimate of drug-likeness (QED) is 0.858. The molecule has 2 aromatic rings. The molecule has 6 heteroatoms. The van der Waals surface area contributed by atoms with Crippen LogP contribution >= 0.6 is 0 Å². The number of para-hydroxylation sites is 1. The largest absolute Gasteiger partial charge is 0.352 e. The predicted molar refractivity (Wildman–Crippen MR) is 93.5 cm³/mol. The summed E-state index contributed by atoms with van der Waals surface area (Å²) < 4.78 is 1.42. The molecule has 6 nitrogen and oxygen atoms in total. The zero-order valence-electron chi connectivity index (χ0n) is 13.9. The number of hydrogen-bond acceptors (Lipinski definition) is 4. The maximum Gasteiger partial charge on any atom is 0.271 e. The summed E-state index contributed by atoms with van der Waals surface area (Å²) in [6, 6.07) is 12.7. The van der Waals surface area contributed by atoms with Gasteiger partial charge in [0.1, 0.15) is 5.82 Å². The number of carbonyl (C=O) groups excluding carboxylic acids is 1. The van der Waals surface area contributed by atoms with Crippen LogP contribution in [0.5, 0.6) is 0 Å². The van der Waals surface area contributed by atoms with Crippen LogP contribution in [0.4, 0.5) is 5.82 Å². The highest BCUT2D eigenvalue weighted by Gasteiger charge is 2.21. The van der Waals surface area contributed by atoms with Crippen molar-refractivity contribution in [3.05, 3.63) is 52.8 Å². The number of nitrogens with zero attached hydrogens (tertiary/aromatic N) is 4. The fraction of sp³-hybridized carbons (Fsp3) is 0.389. The second-order valence-corrected chi connectivity index (χ2v) is 5.89. The number of rotatable bonds is 4. The van der Waals surface area contributed by atoms with Crippen LogP contribution in [0.1, 0.15) is 19.8 Å². The highest BCUT2D eigenvalue weighted by atomic mass is 16.2. The van der Waals surface area contributed by atoms with E-state index in [1.165, 1.54) is 4.68 Å². The van der Waals surface area contributed by atoms with Crippen LogP contribution in [-0.4, -0.2) is 46.8 Å². The Balaban J connectivity index is 1.75. The van der Waals surface area contributed by atoms with Gasteiger partial charge in [0.2, 0.25) is 5.91 Å². The third-order valence-electron chi connectivity index (χ3n) is 4.21. The number of hydrogen-bond donors (Lipinski definition) is 0. The summed E-state index contributed by atoms with van der Waals surface area (Å²) >= 11 is 0. The molecule has 0 radical (unpaired) electrons. The SMILES string of the molecule is CCCC(=O)N1CCN(c2ccc(=O)n(-c3ccccc3)n2)CC1. The standard InChI is InChI=1S/C18H22N4O2/c1-2-6-17(23)21-13-11-20(12-14-21)16-9-10-18(24)22(19-16)15-7-4-3-5-8-15/h3-5,7-10H,2,6,11-14H2,1H3. The summed E-state index contributed by atoms with van der Waals surface area (Å²) in [5, 5.41) is 4.50. The summed E-state index contributed by atoms with van der Waals surface area (Å²) in [6.45, 7) is 4.88. The molecule has 3 rings (SSSR count). The molecule has 1 saturated heterocycles. The Bertz CT molecular complexity index is 749. The van der Waals surface area contributed by atoms with Gasteiger partial charge in [-0.3, -0.25) is 9.59 Å². The number of amides is 1.